The maximum Gasteiger partial charge on any atom is 0.277 e. The quantitative estimate of drug-likeness (QED) is 0.812. The number of guanidine groups is 1. The minimum atomic E-state index is -1.40. The van der Waals surface area contributed by atoms with Crippen molar-refractivity contribution in [1.82, 2.24) is 9.29 Å². The maximum atomic E-state index is 14.6. The molecule has 2 atom stereocenters. The Morgan fingerprint density at radius 3 is 2.75 bits per heavy atom. The summed E-state index contributed by atoms with van der Waals surface area (Å²) in [4.78, 5) is 20.9. The van der Waals surface area contributed by atoms with Gasteiger partial charge >= 0.3 is 0 Å². The molecule has 1 amide bonds. The van der Waals surface area contributed by atoms with E-state index in [9.17, 15) is 13.4 Å². The van der Waals surface area contributed by atoms with Crippen molar-refractivity contribution in [3.05, 3.63) is 46.9 Å². The van der Waals surface area contributed by atoms with Gasteiger partial charge in [0.1, 0.15) is 28.6 Å². The van der Waals surface area contributed by atoms with Crippen LogP contribution < -0.4 is 11.1 Å². The van der Waals surface area contributed by atoms with Crippen LogP contribution in [-0.4, -0.2) is 37.2 Å². The Morgan fingerprint density at radius 2 is 2.14 bits per heavy atom. The SMILES string of the molecule is Cc1nc(C(=O)Nc2ccc(F)c([C@H]3N=C(N)N(C)S(=O)C34CC4)c2)c(C)o1. The topological polar surface area (TPSA) is 114 Å². The van der Waals surface area contributed by atoms with Crippen molar-refractivity contribution in [2.24, 2.45) is 10.7 Å². The van der Waals surface area contributed by atoms with Crippen molar-refractivity contribution in [1.29, 1.82) is 0 Å². The van der Waals surface area contributed by atoms with Gasteiger partial charge in [0.25, 0.3) is 5.91 Å². The first kappa shape index (κ1) is 18.6. The van der Waals surface area contributed by atoms with E-state index in [4.69, 9.17) is 10.2 Å². The van der Waals surface area contributed by atoms with E-state index in [1.807, 2.05) is 0 Å². The Hall–Kier alpha value is -2.75. The summed E-state index contributed by atoms with van der Waals surface area (Å²) in [6.07, 6.45) is 1.33. The third-order valence-electron chi connectivity index (χ3n) is 5.09. The fraction of sp³-hybridized carbons (Fsp3) is 0.389. The standard InChI is InChI=1S/C18H20FN5O3S/c1-9-14(21-10(2)27-9)16(25)22-11-4-5-13(19)12(8-11)15-18(6-7-18)28(26)24(3)17(20)23-15/h4-5,8,15H,6-7H2,1-3H3,(H2,20,23)(H,22,25)/t15-,28?/m1/s1. The molecule has 1 aromatic heterocycles. The second-order valence-corrected chi connectivity index (χ2v) is 8.89. The molecule has 1 saturated carbocycles. The summed E-state index contributed by atoms with van der Waals surface area (Å²) in [5, 5.41) is 2.70. The lowest BCUT2D eigenvalue weighted by atomic mass is 10.0. The van der Waals surface area contributed by atoms with Crippen molar-refractivity contribution in [2.75, 3.05) is 12.4 Å². The van der Waals surface area contributed by atoms with Gasteiger partial charge in [-0.25, -0.2) is 18.6 Å². The minimum Gasteiger partial charge on any atom is -0.445 e. The molecule has 148 valence electrons. The molecular weight excluding hydrogens is 385 g/mol. The zero-order chi connectivity index (χ0) is 20.2. The number of carbonyl (C=O) groups excluding carboxylic acids is 1. The van der Waals surface area contributed by atoms with E-state index < -0.39 is 33.5 Å². The van der Waals surface area contributed by atoms with Crippen LogP contribution in [0, 0.1) is 19.7 Å². The predicted octanol–water partition coefficient (Wildman–Crippen LogP) is 2.18. The van der Waals surface area contributed by atoms with Crippen molar-refractivity contribution >= 4 is 28.5 Å². The molecule has 2 heterocycles. The molecule has 1 aliphatic carbocycles. The smallest absolute Gasteiger partial charge is 0.277 e. The molecule has 8 nitrogen and oxygen atoms in total. The van der Waals surface area contributed by atoms with Gasteiger partial charge < -0.3 is 15.5 Å². The van der Waals surface area contributed by atoms with Gasteiger partial charge in [0.2, 0.25) is 5.96 Å². The molecule has 2 aliphatic rings. The number of nitrogens with one attached hydrogen (secondary N) is 1. The lowest BCUT2D eigenvalue weighted by molar-refractivity contribution is 0.102. The fourth-order valence-electron chi connectivity index (χ4n) is 3.47. The van der Waals surface area contributed by atoms with Gasteiger partial charge in [-0.2, -0.15) is 0 Å². The number of nitrogens with two attached hydrogens (primary N) is 1. The molecule has 0 radical (unpaired) electrons. The van der Waals surface area contributed by atoms with Crippen LogP contribution in [0.3, 0.4) is 0 Å². The highest BCUT2D eigenvalue weighted by molar-refractivity contribution is 7.85. The molecule has 0 bridgehead atoms. The molecular formula is C18H20FN5O3S. The molecule has 2 aromatic rings. The van der Waals surface area contributed by atoms with Crippen LogP contribution in [0.25, 0.3) is 0 Å². The lowest BCUT2D eigenvalue weighted by Crippen LogP contribution is -2.47. The number of oxazole rings is 1. The summed E-state index contributed by atoms with van der Waals surface area (Å²) in [6, 6.07) is 3.56. The highest BCUT2D eigenvalue weighted by Gasteiger charge is 2.60. The summed E-state index contributed by atoms with van der Waals surface area (Å²) in [5.74, 6) is -0.0543. The number of nitrogens with zero attached hydrogens (tertiary/aromatic N) is 3. The summed E-state index contributed by atoms with van der Waals surface area (Å²) in [6.45, 7) is 3.30. The predicted molar refractivity (Wildman–Crippen MR) is 103 cm³/mol. The van der Waals surface area contributed by atoms with Gasteiger partial charge in [-0.15, -0.1) is 0 Å². The number of aliphatic imine (C=N–C) groups is 1. The van der Waals surface area contributed by atoms with E-state index in [1.54, 1.807) is 20.9 Å². The van der Waals surface area contributed by atoms with Gasteiger partial charge in [0, 0.05) is 25.2 Å². The van der Waals surface area contributed by atoms with Crippen LogP contribution in [0.2, 0.25) is 0 Å². The highest BCUT2D eigenvalue weighted by atomic mass is 32.2. The van der Waals surface area contributed by atoms with Crippen molar-refractivity contribution in [2.45, 2.75) is 37.5 Å². The van der Waals surface area contributed by atoms with E-state index in [1.165, 1.54) is 22.5 Å². The zero-order valence-electron chi connectivity index (χ0n) is 15.7. The van der Waals surface area contributed by atoms with Crippen molar-refractivity contribution in [3.63, 3.8) is 0 Å². The number of carbonyl (C=O) groups is 1. The van der Waals surface area contributed by atoms with Crippen LogP contribution in [-0.2, 0) is 11.0 Å². The van der Waals surface area contributed by atoms with Crippen molar-refractivity contribution < 1.29 is 17.8 Å². The van der Waals surface area contributed by atoms with Crippen LogP contribution in [0.15, 0.2) is 27.6 Å². The number of amides is 1. The van der Waals surface area contributed by atoms with E-state index >= 15 is 0 Å². The molecule has 1 fully saturated rings. The molecule has 1 spiro atoms. The number of benzene rings is 1. The normalized spacial score (nSPS) is 22.9. The zero-order valence-corrected chi connectivity index (χ0v) is 16.5. The second kappa shape index (κ2) is 6.40. The first-order chi connectivity index (χ1) is 13.2. The average molecular weight is 405 g/mol. The van der Waals surface area contributed by atoms with Crippen LogP contribution in [0.4, 0.5) is 10.1 Å². The van der Waals surface area contributed by atoms with E-state index in [0.29, 0.717) is 30.2 Å². The highest BCUT2D eigenvalue weighted by Crippen LogP contribution is 2.55. The fourth-order valence-corrected chi connectivity index (χ4v) is 5.05. The van der Waals surface area contributed by atoms with Crippen molar-refractivity contribution in [3.8, 4) is 0 Å². The second-order valence-electron chi connectivity index (χ2n) is 7.03. The van der Waals surface area contributed by atoms with E-state index in [-0.39, 0.29) is 17.2 Å². The van der Waals surface area contributed by atoms with Crippen LogP contribution in [0.5, 0.6) is 0 Å². The Bertz CT molecular complexity index is 1030. The number of rotatable bonds is 3. The Kier molecular flexibility index (Phi) is 4.25. The van der Waals surface area contributed by atoms with Crippen LogP contribution in [0.1, 0.15) is 46.6 Å². The van der Waals surface area contributed by atoms with Crippen LogP contribution >= 0.6 is 0 Å². The maximum absolute atomic E-state index is 14.6. The summed E-state index contributed by atoms with van der Waals surface area (Å²) in [5.41, 5.74) is 6.69. The molecule has 10 heteroatoms. The number of halogens is 1. The van der Waals surface area contributed by atoms with Gasteiger partial charge in [-0.1, -0.05) is 0 Å². The third kappa shape index (κ3) is 2.88. The summed E-state index contributed by atoms with van der Waals surface area (Å²) >= 11 is 0. The number of aryl methyl sites for hydroxylation is 2. The Morgan fingerprint density at radius 1 is 1.43 bits per heavy atom. The molecule has 3 N–H and O–H groups in total. The molecule has 0 saturated heterocycles. The minimum absolute atomic E-state index is 0.100. The number of aromatic nitrogens is 1. The van der Waals surface area contributed by atoms with Gasteiger partial charge in [0.05, 0.1) is 4.75 Å². The molecule has 1 unspecified atom stereocenters. The molecule has 4 rings (SSSR count). The van der Waals surface area contributed by atoms with Gasteiger partial charge in [0.15, 0.2) is 11.6 Å². The third-order valence-corrected chi connectivity index (χ3v) is 7.10. The van der Waals surface area contributed by atoms with Gasteiger partial charge in [-0.3, -0.25) is 9.10 Å². The first-order valence-corrected chi connectivity index (χ1v) is 9.87. The largest absolute Gasteiger partial charge is 0.445 e. The molecule has 1 aromatic carbocycles. The Labute approximate surface area is 163 Å². The summed E-state index contributed by atoms with van der Waals surface area (Å²) in [7, 11) is 0.212. The Balaban J connectivity index is 1.67. The molecule has 1 aliphatic heterocycles. The lowest BCUT2D eigenvalue weighted by Gasteiger charge is -2.34. The monoisotopic (exact) mass is 405 g/mol. The van der Waals surface area contributed by atoms with E-state index in [0.717, 1.165) is 0 Å². The number of hydrogen-bond acceptors (Lipinski definition) is 6. The van der Waals surface area contributed by atoms with Gasteiger partial charge in [-0.05, 0) is 38.0 Å². The van der Waals surface area contributed by atoms with E-state index in [2.05, 4.69) is 15.3 Å². The number of hydrogen-bond donors (Lipinski definition) is 2. The number of anilines is 1. The molecule has 28 heavy (non-hydrogen) atoms. The average Bonchev–Trinajstić information content (AvgIpc) is 3.37. The summed E-state index contributed by atoms with van der Waals surface area (Å²) < 4.78 is 33.5. The first-order valence-electron chi connectivity index (χ1n) is 8.77.